The summed E-state index contributed by atoms with van der Waals surface area (Å²) in [6.45, 7) is 17.1. The largest absolute Gasteiger partial charge is 0.446 e. The molecule has 0 radical (unpaired) electrons. The van der Waals surface area contributed by atoms with Gasteiger partial charge in [0.25, 0.3) is 0 Å². The quantitative estimate of drug-likeness (QED) is 0.0513. The summed E-state index contributed by atoms with van der Waals surface area (Å²) in [5, 5.41) is 5.96. The zero-order valence-electron chi connectivity index (χ0n) is 39.9. The Balaban J connectivity index is 1.16. The molecule has 0 aromatic heterocycles. The van der Waals surface area contributed by atoms with Gasteiger partial charge in [-0.3, -0.25) is 9.59 Å². The summed E-state index contributed by atoms with van der Waals surface area (Å²) < 4.78 is 6.06. The molecule has 4 N–H and O–H groups in total. The van der Waals surface area contributed by atoms with Crippen LogP contribution < -0.4 is 16.4 Å². The van der Waals surface area contributed by atoms with Gasteiger partial charge in [0.1, 0.15) is 6.10 Å². The maximum atomic E-state index is 13.3. The number of nitrogens with two attached hydrogens (primary N) is 1. The number of ether oxygens (including phenoxy) is 1. The summed E-state index contributed by atoms with van der Waals surface area (Å²) in [5.41, 5.74) is 7.89. The molecule has 8 nitrogen and oxygen atoms in total. The van der Waals surface area contributed by atoms with Crippen molar-refractivity contribution in [1.82, 2.24) is 15.5 Å². The minimum absolute atomic E-state index is 0.0554. The van der Waals surface area contributed by atoms with Crippen LogP contribution in [-0.2, 0) is 14.3 Å². The van der Waals surface area contributed by atoms with Crippen molar-refractivity contribution >= 4 is 17.9 Å². The molecule has 346 valence electrons. The van der Waals surface area contributed by atoms with E-state index in [1.807, 2.05) is 0 Å². The number of amides is 3. The van der Waals surface area contributed by atoms with Gasteiger partial charge < -0.3 is 26.0 Å². The summed E-state index contributed by atoms with van der Waals surface area (Å²) in [6.07, 6.45) is 33.3. The minimum Gasteiger partial charge on any atom is -0.446 e. The van der Waals surface area contributed by atoms with E-state index in [4.69, 9.17) is 10.5 Å². The van der Waals surface area contributed by atoms with Gasteiger partial charge in [-0.05, 0) is 130 Å². The van der Waals surface area contributed by atoms with Crippen LogP contribution in [0.25, 0.3) is 0 Å². The Kier molecular flexibility index (Phi) is 22.3. The first-order valence-electron chi connectivity index (χ1n) is 25.8. The van der Waals surface area contributed by atoms with Gasteiger partial charge in [0.15, 0.2) is 0 Å². The van der Waals surface area contributed by atoms with Gasteiger partial charge in [0.05, 0.1) is 6.54 Å². The van der Waals surface area contributed by atoms with Gasteiger partial charge in [-0.15, -0.1) is 0 Å². The lowest BCUT2D eigenvalue weighted by Crippen LogP contribution is -2.51. The molecule has 0 aromatic carbocycles. The number of nitrogens with one attached hydrogen (secondary N) is 2. The number of hydrogen-bond acceptors (Lipinski definition) is 5. The number of hydrogen-bond donors (Lipinski definition) is 3. The molecule has 0 saturated heterocycles. The van der Waals surface area contributed by atoms with Crippen molar-refractivity contribution in [3.63, 3.8) is 0 Å². The first-order valence-corrected chi connectivity index (χ1v) is 25.8. The van der Waals surface area contributed by atoms with Crippen molar-refractivity contribution < 1.29 is 19.1 Å². The van der Waals surface area contributed by atoms with Crippen LogP contribution in [0.2, 0.25) is 0 Å². The van der Waals surface area contributed by atoms with Crippen LogP contribution in [0.15, 0.2) is 11.6 Å². The summed E-state index contributed by atoms with van der Waals surface area (Å²) in [4.78, 5) is 40.8. The number of unbranched alkanes of at least 4 members (excludes halogenated alkanes) is 12. The second kappa shape index (κ2) is 26.5. The molecule has 4 rings (SSSR count). The van der Waals surface area contributed by atoms with Crippen LogP contribution in [0.1, 0.15) is 215 Å². The molecule has 8 atom stereocenters. The molecule has 4 aliphatic rings. The Bertz CT molecular complexity index is 1300. The van der Waals surface area contributed by atoms with Crippen LogP contribution in [-0.4, -0.2) is 61.6 Å². The van der Waals surface area contributed by atoms with Gasteiger partial charge in [-0.25, -0.2) is 4.79 Å². The molecule has 60 heavy (non-hydrogen) atoms. The molecule has 8 heteroatoms. The molecule has 3 amide bonds. The highest BCUT2D eigenvalue weighted by Gasteiger charge is 2.59. The molecule has 0 aliphatic heterocycles. The molecule has 0 bridgehead atoms. The standard InChI is InChI=1S/C52H94N4O4/c1-7-8-9-10-11-12-13-14-15-16-17-25-49(58)56(39-48(57)54-35-19-18-34-53)37-21-20-36-55-50(59)60-43-30-32-51(5)42(38-43)26-27-44-46-29-28-45(41(4)24-22-23-40(2)3)52(46,6)33-31-47(44)51/h26,40-41,43-47H,7-25,27-39,53H2,1-6H3,(H,54,57)(H,55,59)/t41-,43+,44+,45-,46+,47+,51+,52-/m1/s1. The Hall–Kier alpha value is -2.09. The maximum absolute atomic E-state index is 13.3. The highest BCUT2D eigenvalue weighted by molar-refractivity contribution is 5.84. The predicted octanol–water partition coefficient (Wildman–Crippen LogP) is 12.3. The van der Waals surface area contributed by atoms with Crippen molar-refractivity contribution in [2.24, 2.45) is 52.1 Å². The molecule has 0 aromatic rings. The van der Waals surface area contributed by atoms with Gasteiger partial charge in [0, 0.05) is 32.5 Å². The van der Waals surface area contributed by atoms with E-state index in [1.54, 1.807) is 10.5 Å². The van der Waals surface area contributed by atoms with E-state index in [9.17, 15) is 14.4 Å². The zero-order chi connectivity index (χ0) is 43.4. The number of rotatable bonds is 29. The van der Waals surface area contributed by atoms with Gasteiger partial charge in [-0.1, -0.05) is 137 Å². The van der Waals surface area contributed by atoms with E-state index >= 15 is 0 Å². The van der Waals surface area contributed by atoms with E-state index in [1.165, 1.54) is 109 Å². The predicted molar refractivity (Wildman–Crippen MR) is 250 cm³/mol. The van der Waals surface area contributed by atoms with E-state index in [2.05, 4.69) is 58.3 Å². The smallest absolute Gasteiger partial charge is 0.407 e. The number of carbonyl (C=O) groups excluding carboxylic acids is 3. The monoisotopic (exact) mass is 839 g/mol. The SMILES string of the molecule is CCCCCCCCCCCCCC(=O)N(CCCCNC(=O)O[C@H]1CC[C@@]2(C)C(=CC[C@H]3[C@@H]4CC[C@H]([C@H](C)CCCC(C)C)[C@@]4(C)CC[C@@H]32)C1)CC(=O)NCCCCN. The average molecular weight is 839 g/mol. The highest BCUT2D eigenvalue weighted by Crippen LogP contribution is 2.67. The van der Waals surface area contributed by atoms with Crippen molar-refractivity contribution in [1.29, 1.82) is 0 Å². The fourth-order valence-corrected chi connectivity index (χ4v) is 12.7. The van der Waals surface area contributed by atoms with E-state index in [-0.39, 0.29) is 36.0 Å². The van der Waals surface area contributed by atoms with Crippen LogP contribution in [0.4, 0.5) is 4.79 Å². The molecule has 0 unspecified atom stereocenters. The summed E-state index contributed by atoms with van der Waals surface area (Å²) >= 11 is 0. The van der Waals surface area contributed by atoms with E-state index in [0.29, 0.717) is 38.0 Å². The molecule has 3 saturated carbocycles. The molecule has 4 aliphatic carbocycles. The van der Waals surface area contributed by atoms with E-state index in [0.717, 1.165) is 93.3 Å². The van der Waals surface area contributed by atoms with Crippen LogP contribution in [0, 0.1) is 46.3 Å². The minimum atomic E-state index is -0.327. The molecular formula is C52H94N4O4. The lowest BCUT2D eigenvalue weighted by Gasteiger charge is -2.58. The van der Waals surface area contributed by atoms with Gasteiger partial charge in [0.2, 0.25) is 11.8 Å². The van der Waals surface area contributed by atoms with E-state index < -0.39 is 0 Å². The molecule has 0 spiro atoms. The first-order chi connectivity index (χ1) is 28.9. The topological polar surface area (TPSA) is 114 Å². The Morgan fingerprint density at radius 2 is 1.47 bits per heavy atom. The fourth-order valence-electron chi connectivity index (χ4n) is 12.7. The van der Waals surface area contributed by atoms with Crippen LogP contribution in [0.5, 0.6) is 0 Å². The number of fused-ring (bicyclic) bond motifs is 5. The third-order valence-corrected chi connectivity index (χ3v) is 16.3. The van der Waals surface area contributed by atoms with Gasteiger partial charge in [-0.2, -0.15) is 0 Å². The van der Waals surface area contributed by atoms with Crippen LogP contribution in [0.3, 0.4) is 0 Å². The molecular weight excluding hydrogens is 745 g/mol. The van der Waals surface area contributed by atoms with Crippen molar-refractivity contribution in [2.45, 2.75) is 221 Å². The number of alkyl carbamates (subject to hydrolysis) is 1. The van der Waals surface area contributed by atoms with Crippen molar-refractivity contribution in [3.05, 3.63) is 11.6 Å². The number of carbonyl (C=O) groups is 3. The second-order valence-electron chi connectivity index (χ2n) is 21.1. The zero-order valence-corrected chi connectivity index (χ0v) is 39.9. The Morgan fingerprint density at radius 1 is 0.783 bits per heavy atom. The third-order valence-electron chi connectivity index (χ3n) is 16.3. The summed E-state index contributed by atoms with van der Waals surface area (Å²) in [5.74, 6) is 4.88. The molecule has 3 fully saturated rings. The lowest BCUT2D eigenvalue weighted by atomic mass is 9.47. The number of nitrogens with zero attached hydrogens (tertiary/aromatic N) is 1. The summed E-state index contributed by atoms with van der Waals surface area (Å²) in [6, 6.07) is 0. The third kappa shape index (κ3) is 15.3. The normalized spacial score (nSPS) is 27.7. The van der Waals surface area contributed by atoms with Crippen molar-refractivity contribution in [3.8, 4) is 0 Å². The average Bonchev–Trinajstić information content (AvgIpc) is 3.58. The summed E-state index contributed by atoms with van der Waals surface area (Å²) in [7, 11) is 0. The highest BCUT2D eigenvalue weighted by atomic mass is 16.6. The Morgan fingerprint density at radius 3 is 2.17 bits per heavy atom. The van der Waals surface area contributed by atoms with Crippen molar-refractivity contribution in [2.75, 3.05) is 32.7 Å². The fraction of sp³-hybridized carbons (Fsp3) is 0.904. The maximum Gasteiger partial charge on any atom is 0.407 e. The number of allylic oxidation sites excluding steroid dienone is 1. The Labute approximate surface area is 368 Å². The first kappa shape index (κ1) is 50.6. The lowest BCUT2D eigenvalue weighted by molar-refractivity contribution is -0.136. The van der Waals surface area contributed by atoms with Gasteiger partial charge >= 0.3 is 6.09 Å². The van der Waals surface area contributed by atoms with Crippen LogP contribution >= 0.6 is 0 Å². The molecule has 0 heterocycles. The second-order valence-corrected chi connectivity index (χ2v) is 21.1.